The Balaban J connectivity index is 1.50. The number of halogens is 1. The van der Waals surface area contributed by atoms with Crippen LogP contribution in [-0.4, -0.2) is 26.0 Å². The van der Waals surface area contributed by atoms with E-state index in [0.717, 1.165) is 43.3 Å². The van der Waals surface area contributed by atoms with Crippen LogP contribution in [0.3, 0.4) is 0 Å². The van der Waals surface area contributed by atoms with Crippen LogP contribution < -0.4 is 0 Å². The SMILES string of the molecule is Cc1ncc2n1CCN(Cc1coc(-c3ccccc3Cl)n1)C2. The molecule has 0 atom stereocenters. The quantitative estimate of drug-likeness (QED) is 0.738. The molecule has 0 amide bonds. The average molecular weight is 329 g/mol. The second-order valence-corrected chi connectivity index (χ2v) is 6.19. The van der Waals surface area contributed by atoms with Crippen molar-refractivity contribution in [1.29, 1.82) is 0 Å². The zero-order chi connectivity index (χ0) is 15.8. The van der Waals surface area contributed by atoms with Crippen LogP contribution in [0.1, 0.15) is 17.2 Å². The van der Waals surface area contributed by atoms with Crippen molar-refractivity contribution in [3.63, 3.8) is 0 Å². The van der Waals surface area contributed by atoms with Gasteiger partial charge in [-0.1, -0.05) is 23.7 Å². The summed E-state index contributed by atoms with van der Waals surface area (Å²) in [6.45, 7) is 5.65. The fourth-order valence-corrected chi connectivity index (χ4v) is 3.21. The number of hydrogen-bond acceptors (Lipinski definition) is 4. The highest BCUT2D eigenvalue weighted by Crippen LogP contribution is 2.27. The number of hydrogen-bond donors (Lipinski definition) is 0. The summed E-state index contributed by atoms with van der Waals surface area (Å²) in [7, 11) is 0. The molecule has 1 aromatic carbocycles. The number of nitrogens with zero attached hydrogens (tertiary/aromatic N) is 4. The lowest BCUT2D eigenvalue weighted by molar-refractivity contribution is 0.209. The van der Waals surface area contributed by atoms with E-state index < -0.39 is 0 Å². The van der Waals surface area contributed by atoms with E-state index in [0.29, 0.717) is 10.9 Å². The van der Waals surface area contributed by atoms with E-state index in [1.54, 1.807) is 6.26 Å². The van der Waals surface area contributed by atoms with E-state index in [1.807, 2.05) is 37.4 Å². The number of benzene rings is 1. The summed E-state index contributed by atoms with van der Waals surface area (Å²) in [4.78, 5) is 11.3. The molecule has 118 valence electrons. The first kappa shape index (κ1) is 14.5. The zero-order valence-corrected chi connectivity index (χ0v) is 13.6. The molecular weight excluding hydrogens is 312 g/mol. The van der Waals surface area contributed by atoms with E-state index in [-0.39, 0.29) is 0 Å². The summed E-state index contributed by atoms with van der Waals surface area (Å²) in [6.07, 6.45) is 3.68. The van der Waals surface area contributed by atoms with Gasteiger partial charge in [0.2, 0.25) is 5.89 Å². The highest BCUT2D eigenvalue weighted by atomic mass is 35.5. The lowest BCUT2D eigenvalue weighted by atomic mass is 10.2. The van der Waals surface area contributed by atoms with Gasteiger partial charge in [-0.3, -0.25) is 4.90 Å². The number of aromatic nitrogens is 3. The predicted molar refractivity (Wildman–Crippen MR) is 88.0 cm³/mol. The summed E-state index contributed by atoms with van der Waals surface area (Å²) >= 11 is 6.20. The Hall–Kier alpha value is -2.11. The molecule has 0 saturated carbocycles. The van der Waals surface area contributed by atoms with Crippen LogP contribution >= 0.6 is 11.6 Å². The molecule has 0 aliphatic carbocycles. The van der Waals surface area contributed by atoms with Crippen LogP contribution in [0.5, 0.6) is 0 Å². The third-order valence-corrected chi connectivity index (χ3v) is 4.53. The Morgan fingerprint density at radius 3 is 3.00 bits per heavy atom. The zero-order valence-electron chi connectivity index (χ0n) is 12.9. The van der Waals surface area contributed by atoms with Crippen LogP contribution in [0.4, 0.5) is 0 Å². The number of fused-ring (bicyclic) bond motifs is 1. The fraction of sp³-hybridized carbons (Fsp3) is 0.294. The van der Waals surface area contributed by atoms with Crippen molar-refractivity contribution < 1.29 is 4.42 Å². The standard InChI is InChI=1S/C17H17ClN4O/c1-12-19-8-14-10-21(6-7-22(12)14)9-13-11-23-17(20-13)15-4-2-3-5-16(15)18/h2-5,8,11H,6-7,9-10H2,1H3. The van der Waals surface area contributed by atoms with Gasteiger partial charge in [0.1, 0.15) is 12.1 Å². The third kappa shape index (κ3) is 2.78. The van der Waals surface area contributed by atoms with Crippen molar-refractivity contribution in [2.45, 2.75) is 26.6 Å². The van der Waals surface area contributed by atoms with E-state index in [9.17, 15) is 0 Å². The second kappa shape index (κ2) is 5.83. The molecule has 1 aliphatic rings. The van der Waals surface area contributed by atoms with Crippen molar-refractivity contribution in [1.82, 2.24) is 19.4 Å². The fourth-order valence-electron chi connectivity index (χ4n) is 3.00. The number of imidazole rings is 1. The average Bonchev–Trinajstić information content (AvgIpc) is 3.15. The second-order valence-electron chi connectivity index (χ2n) is 5.78. The maximum atomic E-state index is 6.20. The summed E-state index contributed by atoms with van der Waals surface area (Å²) in [5.41, 5.74) is 3.00. The molecule has 0 bridgehead atoms. The molecule has 5 nitrogen and oxygen atoms in total. The van der Waals surface area contributed by atoms with Gasteiger partial charge >= 0.3 is 0 Å². The van der Waals surface area contributed by atoms with Crippen molar-refractivity contribution in [2.24, 2.45) is 0 Å². The molecule has 1 aliphatic heterocycles. The van der Waals surface area contributed by atoms with Crippen molar-refractivity contribution in [3.8, 4) is 11.5 Å². The van der Waals surface area contributed by atoms with Gasteiger partial charge in [-0.2, -0.15) is 0 Å². The van der Waals surface area contributed by atoms with Crippen LogP contribution in [0.2, 0.25) is 5.02 Å². The Morgan fingerprint density at radius 1 is 1.26 bits per heavy atom. The molecule has 0 N–H and O–H groups in total. The molecule has 23 heavy (non-hydrogen) atoms. The Morgan fingerprint density at radius 2 is 2.13 bits per heavy atom. The summed E-state index contributed by atoms with van der Waals surface area (Å²) < 4.78 is 7.88. The van der Waals surface area contributed by atoms with Gasteiger partial charge in [-0.25, -0.2) is 9.97 Å². The maximum Gasteiger partial charge on any atom is 0.227 e. The van der Waals surface area contributed by atoms with E-state index in [2.05, 4.69) is 19.4 Å². The van der Waals surface area contributed by atoms with Crippen LogP contribution in [0.15, 0.2) is 41.1 Å². The third-order valence-electron chi connectivity index (χ3n) is 4.20. The van der Waals surface area contributed by atoms with Gasteiger partial charge in [0.25, 0.3) is 0 Å². The van der Waals surface area contributed by atoms with Crippen LogP contribution in [0.25, 0.3) is 11.5 Å². The number of rotatable bonds is 3. The van der Waals surface area contributed by atoms with Crippen molar-refractivity contribution in [2.75, 3.05) is 6.54 Å². The van der Waals surface area contributed by atoms with Crippen molar-refractivity contribution in [3.05, 3.63) is 59.0 Å². The normalized spacial score (nSPS) is 14.9. The molecule has 0 radical (unpaired) electrons. The molecular formula is C17H17ClN4O. The lowest BCUT2D eigenvalue weighted by Crippen LogP contribution is -2.33. The molecule has 2 aromatic heterocycles. The topological polar surface area (TPSA) is 47.1 Å². The summed E-state index contributed by atoms with van der Waals surface area (Å²) in [6, 6.07) is 7.59. The highest BCUT2D eigenvalue weighted by molar-refractivity contribution is 6.33. The molecule has 3 heterocycles. The summed E-state index contributed by atoms with van der Waals surface area (Å²) in [5.74, 6) is 1.66. The molecule has 4 rings (SSSR count). The largest absolute Gasteiger partial charge is 0.444 e. The monoisotopic (exact) mass is 328 g/mol. The maximum absolute atomic E-state index is 6.20. The van der Waals surface area contributed by atoms with E-state index in [1.165, 1.54) is 5.69 Å². The first-order chi connectivity index (χ1) is 11.2. The Labute approximate surface area is 139 Å². The van der Waals surface area contributed by atoms with Gasteiger partial charge in [-0.15, -0.1) is 0 Å². The minimum Gasteiger partial charge on any atom is -0.444 e. The van der Waals surface area contributed by atoms with Crippen LogP contribution in [0, 0.1) is 6.92 Å². The lowest BCUT2D eigenvalue weighted by Gasteiger charge is -2.27. The van der Waals surface area contributed by atoms with Crippen LogP contribution in [-0.2, 0) is 19.6 Å². The minimum atomic E-state index is 0.573. The molecule has 0 spiro atoms. The predicted octanol–water partition coefficient (Wildman–Crippen LogP) is 3.52. The van der Waals surface area contributed by atoms with Gasteiger partial charge in [-0.05, 0) is 19.1 Å². The number of oxazole rings is 1. The Bertz CT molecular complexity index is 839. The Kier molecular flexibility index (Phi) is 3.67. The van der Waals surface area contributed by atoms with Gasteiger partial charge in [0, 0.05) is 32.4 Å². The smallest absolute Gasteiger partial charge is 0.227 e. The first-order valence-electron chi connectivity index (χ1n) is 7.63. The van der Waals surface area contributed by atoms with E-state index >= 15 is 0 Å². The molecule has 0 unspecified atom stereocenters. The molecule has 0 fully saturated rings. The van der Waals surface area contributed by atoms with Gasteiger partial charge in [0.15, 0.2) is 0 Å². The molecule has 0 saturated heterocycles. The summed E-state index contributed by atoms with van der Waals surface area (Å²) in [5, 5.41) is 0.651. The van der Waals surface area contributed by atoms with E-state index in [4.69, 9.17) is 16.0 Å². The number of aryl methyl sites for hydroxylation is 1. The highest BCUT2D eigenvalue weighted by Gasteiger charge is 2.19. The first-order valence-corrected chi connectivity index (χ1v) is 8.01. The molecule has 3 aromatic rings. The van der Waals surface area contributed by atoms with Crippen molar-refractivity contribution >= 4 is 11.6 Å². The molecule has 6 heteroatoms. The minimum absolute atomic E-state index is 0.573. The van der Waals surface area contributed by atoms with Gasteiger partial charge < -0.3 is 8.98 Å². The van der Waals surface area contributed by atoms with Gasteiger partial charge in [0.05, 0.1) is 22.0 Å².